The van der Waals surface area contributed by atoms with Crippen molar-refractivity contribution in [2.75, 3.05) is 45.8 Å². The molecule has 1 aliphatic rings. The zero-order valence-electron chi connectivity index (χ0n) is 23.0. The van der Waals surface area contributed by atoms with Crippen molar-refractivity contribution >= 4 is 39.4 Å². The molecule has 0 atom stereocenters. The van der Waals surface area contributed by atoms with Crippen molar-refractivity contribution in [2.24, 2.45) is 4.02 Å². The summed E-state index contributed by atoms with van der Waals surface area (Å²) >= 11 is 3.24. The van der Waals surface area contributed by atoms with Gasteiger partial charge in [0.15, 0.2) is 5.78 Å². The molecule has 1 amide bonds. The Morgan fingerprint density at radius 2 is 1.89 bits per heavy atom. The molecule has 0 fully saturated rings. The minimum Gasteiger partial charge on any atom is -0.494 e. The van der Waals surface area contributed by atoms with Crippen molar-refractivity contribution in [2.45, 2.75) is 46.6 Å². The molecule has 0 unspecified atom stereocenters. The quantitative estimate of drug-likeness (QED) is 0.427. The summed E-state index contributed by atoms with van der Waals surface area (Å²) in [5, 5.41) is 2.66. The van der Waals surface area contributed by atoms with Gasteiger partial charge >= 0.3 is 0 Å². The van der Waals surface area contributed by atoms with Gasteiger partial charge in [0.1, 0.15) is 17.3 Å². The molecule has 0 saturated heterocycles. The van der Waals surface area contributed by atoms with Gasteiger partial charge in [0.25, 0.3) is 5.91 Å². The van der Waals surface area contributed by atoms with Gasteiger partial charge in [0.2, 0.25) is 0 Å². The van der Waals surface area contributed by atoms with E-state index in [0.717, 1.165) is 34.7 Å². The van der Waals surface area contributed by atoms with Crippen molar-refractivity contribution in [3.05, 3.63) is 52.1 Å². The topological polar surface area (TPSA) is 83.5 Å². The van der Waals surface area contributed by atoms with Crippen molar-refractivity contribution in [3.63, 3.8) is 0 Å². The number of carbonyl (C=O) groups excluding carboxylic acids is 2. The standard InChI is InChI=1S/C28H37BrN4O4/c1-9-32(7)22-12-17(11-21(25(22)36-8)28(3,4)5)23(34)16-33-15-18-13-24(37-10-2)20(27(35)30-6)14-19(18)26(33)31-29/h11-14H,9-10,15-16H2,1-8H3,(H,30,35)/b31-26-. The fourth-order valence-electron chi connectivity index (χ4n) is 4.49. The number of carbonyl (C=O) groups is 2. The number of anilines is 1. The maximum absolute atomic E-state index is 13.7. The molecule has 0 aliphatic carbocycles. The lowest BCUT2D eigenvalue weighted by atomic mass is 9.84. The number of amidine groups is 1. The molecular weight excluding hydrogens is 536 g/mol. The number of Topliss-reactive ketones (excluding diaryl/α,β-unsaturated/α-hetero) is 1. The van der Waals surface area contributed by atoms with E-state index < -0.39 is 0 Å². The molecule has 0 saturated carbocycles. The molecule has 0 bridgehead atoms. The number of ketones is 1. The highest BCUT2D eigenvalue weighted by atomic mass is 79.9. The molecule has 2 aromatic rings. The first kappa shape index (κ1) is 28.5. The first-order valence-electron chi connectivity index (χ1n) is 12.4. The molecule has 37 heavy (non-hydrogen) atoms. The maximum Gasteiger partial charge on any atom is 0.254 e. The third kappa shape index (κ3) is 5.76. The molecule has 0 radical (unpaired) electrons. The summed E-state index contributed by atoms with van der Waals surface area (Å²) in [6.45, 7) is 12.1. The van der Waals surface area contributed by atoms with Gasteiger partial charge in [-0.2, -0.15) is 4.02 Å². The summed E-state index contributed by atoms with van der Waals surface area (Å²) in [5.74, 6) is 1.63. The molecule has 0 aromatic heterocycles. The van der Waals surface area contributed by atoms with Crippen molar-refractivity contribution < 1.29 is 19.1 Å². The number of halogens is 1. The first-order chi connectivity index (χ1) is 17.5. The number of hydrogen-bond acceptors (Lipinski definition) is 6. The van der Waals surface area contributed by atoms with E-state index in [9.17, 15) is 9.59 Å². The molecule has 3 rings (SSSR count). The monoisotopic (exact) mass is 572 g/mol. The second-order valence-electron chi connectivity index (χ2n) is 10.0. The minimum atomic E-state index is -0.241. The van der Waals surface area contributed by atoms with Crippen LogP contribution in [-0.4, -0.2) is 63.3 Å². The SMILES string of the molecule is CCOc1cc2c(cc1C(=O)NC)/C(=N/Br)N(CC(=O)c1cc(N(C)CC)c(OC)c(C(C)(C)C)c1)C2. The summed E-state index contributed by atoms with van der Waals surface area (Å²) < 4.78 is 15.9. The van der Waals surface area contributed by atoms with E-state index in [2.05, 4.69) is 58.1 Å². The number of nitrogens with zero attached hydrogens (tertiary/aromatic N) is 3. The number of hydrogen-bond donors (Lipinski definition) is 1. The van der Waals surface area contributed by atoms with Crippen LogP contribution in [0.4, 0.5) is 5.69 Å². The third-order valence-corrected chi connectivity index (χ3v) is 6.92. The van der Waals surface area contributed by atoms with Crippen LogP contribution in [0.1, 0.15) is 72.0 Å². The third-order valence-electron chi connectivity index (χ3n) is 6.58. The van der Waals surface area contributed by atoms with Crippen LogP contribution in [0.2, 0.25) is 0 Å². The summed E-state index contributed by atoms with van der Waals surface area (Å²) in [7, 11) is 5.24. The van der Waals surface area contributed by atoms with Crippen LogP contribution in [-0.2, 0) is 12.0 Å². The summed E-state index contributed by atoms with van der Waals surface area (Å²) in [6, 6.07) is 7.50. The van der Waals surface area contributed by atoms with Crippen LogP contribution in [0, 0.1) is 0 Å². The van der Waals surface area contributed by atoms with Gasteiger partial charge in [-0.25, -0.2) is 0 Å². The Morgan fingerprint density at radius 3 is 2.43 bits per heavy atom. The van der Waals surface area contributed by atoms with E-state index in [1.54, 1.807) is 20.2 Å². The van der Waals surface area contributed by atoms with Crippen LogP contribution in [0.25, 0.3) is 0 Å². The van der Waals surface area contributed by atoms with E-state index in [0.29, 0.717) is 35.9 Å². The fraction of sp³-hybridized carbons (Fsp3) is 0.464. The van der Waals surface area contributed by atoms with Gasteiger partial charge in [-0.3, -0.25) is 9.59 Å². The van der Waals surface area contributed by atoms with Gasteiger partial charge in [-0.1, -0.05) is 20.8 Å². The van der Waals surface area contributed by atoms with Crippen LogP contribution in [0.15, 0.2) is 28.3 Å². The van der Waals surface area contributed by atoms with Gasteiger partial charge < -0.3 is 24.6 Å². The fourth-order valence-corrected chi connectivity index (χ4v) is 4.91. The second-order valence-corrected chi connectivity index (χ2v) is 10.4. The Bertz CT molecular complexity index is 1220. The predicted octanol–water partition coefficient (Wildman–Crippen LogP) is 4.96. The van der Waals surface area contributed by atoms with Crippen LogP contribution in [0.3, 0.4) is 0 Å². The number of fused-ring (bicyclic) bond motifs is 1. The predicted molar refractivity (Wildman–Crippen MR) is 152 cm³/mol. The smallest absolute Gasteiger partial charge is 0.254 e. The Balaban J connectivity index is 2.01. The molecule has 2 aromatic carbocycles. The minimum absolute atomic E-state index is 0.0306. The highest BCUT2D eigenvalue weighted by Gasteiger charge is 2.31. The van der Waals surface area contributed by atoms with Gasteiger partial charge in [-0.15, -0.1) is 0 Å². The van der Waals surface area contributed by atoms with Gasteiger partial charge in [0.05, 0.1) is 47.7 Å². The lowest BCUT2D eigenvalue weighted by molar-refractivity contribution is 0.0953. The number of benzene rings is 2. The van der Waals surface area contributed by atoms with Crippen LogP contribution < -0.4 is 19.7 Å². The maximum atomic E-state index is 13.7. The van der Waals surface area contributed by atoms with Gasteiger partial charge in [-0.05, 0) is 49.1 Å². The van der Waals surface area contributed by atoms with E-state index >= 15 is 0 Å². The first-order valence-corrected chi connectivity index (χ1v) is 13.1. The largest absolute Gasteiger partial charge is 0.494 e. The average molecular weight is 574 g/mol. The van der Waals surface area contributed by atoms with Crippen molar-refractivity contribution in [1.82, 2.24) is 10.2 Å². The molecule has 1 N–H and O–H groups in total. The Morgan fingerprint density at radius 1 is 1.19 bits per heavy atom. The van der Waals surface area contributed by atoms with Gasteiger partial charge in [0, 0.05) is 43.9 Å². The second kappa shape index (κ2) is 11.5. The van der Waals surface area contributed by atoms with Crippen molar-refractivity contribution in [3.8, 4) is 11.5 Å². The average Bonchev–Trinajstić information content (AvgIpc) is 3.21. The summed E-state index contributed by atoms with van der Waals surface area (Å²) in [4.78, 5) is 30.2. The molecule has 1 heterocycles. The Kier molecular flexibility index (Phi) is 8.89. The Hall–Kier alpha value is -3.07. The molecular formula is C28H37BrN4O4. The summed E-state index contributed by atoms with van der Waals surface area (Å²) in [5.41, 5.74) is 4.43. The number of methoxy groups -OCH3 is 1. The number of ether oxygens (including phenoxy) is 2. The normalized spacial score (nSPS) is 14.0. The van der Waals surface area contributed by atoms with E-state index in [4.69, 9.17) is 9.47 Å². The Labute approximate surface area is 228 Å². The lowest BCUT2D eigenvalue weighted by Gasteiger charge is -2.28. The van der Waals surface area contributed by atoms with Crippen molar-refractivity contribution in [1.29, 1.82) is 0 Å². The zero-order valence-corrected chi connectivity index (χ0v) is 24.6. The molecule has 8 nitrogen and oxygen atoms in total. The van der Waals surface area contributed by atoms with E-state index in [1.165, 1.54) is 0 Å². The molecule has 200 valence electrons. The number of amides is 1. The molecule has 0 spiro atoms. The highest BCUT2D eigenvalue weighted by Crippen LogP contribution is 2.40. The van der Waals surface area contributed by atoms with Crippen LogP contribution in [0.5, 0.6) is 11.5 Å². The molecule has 1 aliphatic heterocycles. The number of nitrogens with one attached hydrogen (secondary N) is 1. The zero-order chi connectivity index (χ0) is 27.5. The number of rotatable bonds is 9. The van der Waals surface area contributed by atoms with Crippen LogP contribution >= 0.6 is 16.1 Å². The molecule has 9 heteroatoms. The summed E-state index contributed by atoms with van der Waals surface area (Å²) in [6.07, 6.45) is 0. The van der Waals surface area contributed by atoms with E-state index in [1.807, 2.05) is 37.1 Å². The highest BCUT2D eigenvalue weighted by molar-refractivity contribution is 9.08. The lowest BCUT2D eigenvalue weighted by Crippen LogP contribution is -2.31. The van der Waals surface area contributed by atoms with E-state index in [-0.39, 0.29) is 23.7 Å².